The molecule has 6 nitrogen and oxygen atoms in total. The van der Waals surface area contributed by atoms with E-state index in [2.05, 4.69) is 0 Å². The number of nitro benzene ring substituents is 1. The summed E-state index contributed by atoms with van der Waals surface area (Å²) in [6.45, 7) is 0.587. The van der Waals surface area contributed by atoms with E-state index >= 15 is 0 Å². The molecule has 0 heterocycles. The fourth-order valence-corrected chi connectivity index (χ4v) is 1.93. The summed E-state index contributed by atoms with van der Waals surface area (Å²) >= 11 is 5.92. The van der Waals surface area contributed by atoms with E-state index in [-0.39, 0.29) is 17.3 Å². The van der Waals surface area contributed by atoms with Crippen molar-refractivity contribution in [1.82, 2.24) is 0 Å². The van der Waals surface area contributed by atoms with Crippen molar-refractivity contribution in [2.45, 2.75) is 0 Å². The van der Waals surface area contributed by atoms with E-state index in [9.17, 15) is 10.1 Å². The summed E-state index contributed by atoms with van der Waals surface area (Å²) in [5.74, 6) is 1.83. The Bertz CT molecular complexity index is 645. The predicted molar refractivity (Wildman–Crippen MR) is 82.1 cm³/mol. The minimum atomic E-state index is -0.511. The Kier molecular flexibility index (Phi) is 5.43. The first-order valence-electron chi connectivity index (χ1n) is 6.44. The van der Waals surface area contributed by atoms with Crippen LogP contribution >= 0.6 is 11.6 Å². The van der Waals surface area contributed by atoms with Crippen LogP contribution in [0.3, 0.4) is 0 Å². The Hall–Kier alpha value is -2.47. The first-order chi connectivity index (χ1) is 10.6. The smallest absolute Gasteiger partial charge is 0.271 e. The monoisotopic (exact) mass is 323 g/mol. The summed E-state index contributed by atoms with van der Waals surface area (Å²) in [6.07, 6.45) is 0. The van der Waals surface area contributed by atoms with Crippen molar-refractivity contribution in [1.29, 1.82) is 0 Å². The number of hydrogen-bond donors (Lipinski definition) is 0. The average Bonchev–Trinajstić information content (AvgIpc) is 2.53. The SMILES string of the molecule is COc1ccc(OCCOc2ccc([N+](=O)[O-])cc2Cl)cc1. The van der Waals surface area contributed by atoms with Gasteiger partial charge in [0.1, 0.15) is 30.5 Å². The van der Waals surface area contributed by atoms with Crippen LogP contribution in [0.4, 0.5) is 5.69 Å². The Balaban J connectivity index is 1.82. The Morgan fingerprint density at radius 3 is 2.27 bits per heavy atom. The summed E-state index contributed by atoms with van der Waals surface area (Å²) in [7, 11) is 1.59. The van der Waals surface area contributed by atoms with Crippen molar-refractivity contribution < 1.29 is 19.1 Å². The molecule has 0 unspecified atom stereocenters. The van der Waals surface area contributed by atoms with Gasteiger partial charge in [0.05, 0.1) is 17.1 Å². The van der Waals surface area contributed by atoms with Crippen LogP contribution in [-0.2, 0) is 0 Å². The number of ether oxygens (including phenoxy) is 3. The van der Waals surface area contributed by atoms with Gasteiger partial charge in [-0.05, 0) is 30.3 Å². The maximum atomic E-state index is 10.6. The van der Waals surface area contributed by atoms with Crippen molar-refractivity contribution >= 4 is 17.3 Å². The van der Waals surface area contributed by atoms with Crippen LogP contribution in [0.1, 0.15) is 0 Å². The number of benzene rings is 2. The van der Waals surface area contributed by atoms with Crippen molar-refractivity contribution in [3.8, 4) is 17.2 Å². The van der Waals surface area contributed by atoms with Gasteiger partial charge in [0.25, 0.3) is 5.69 Å². The van der Waals surface area contributed by atoms with Gasteiger partial charge in [-0.2, -0.15) is 0 Å². The largest absolute Gasteiger partial charge is 0.497 e. The first-order valence-corrected chi connectivity index (χ1v) is 6.81. The zero-order valence-corrected chi connectivity index (χ0v) is 12.6. The molecule has 7 heteroatoms. The molecule has 2 rings (SSSR count). The minimum Gasteiger partial charge on any atom is -0.497 e. The van der Waals surface area contributed by atoms with Gasteiger partial charge in [-0.1, -0.05) is 11.6 Å². The molecular weight excluding hydrogens is 310 g/mol. The Morgan fingerprint density at radius 1 is 1.05 bits per heavy atom. The van der Waals surface area contributed by atoms with Gasteiger partial charge in [0.15, 0.2) is 0 Å². The van der Waals surface area contributed by atoms with Crippen LogP contribution in [0.2, 0.25) is 5.02 Å². The molecule has 0 saturated carbocycles. The highest BCUT2D eigenvalue weighted by atomic mass is 35.5. The highest BCUT2D eigenvalue weighted by Gasteiger charge is 2.10. The summed E-state index contributed by atoms with van der Waals surface area (Å²) < 4.78 is 16.0. The van der Waals surface area contributed by atoms with E-state index in [0.29, 0.717) is 18.1 Å². The fraction of sp³-hybridized carbons (Fsp3) is 0.200. The number of rotatable bonds is 7. The number of methoxy groups -OCH3 is 1. The normalized spacial score (nSPS) is 10.1. The number of nitrogens with zero attached hydrogens (tertiary/aromatic N) is 1. The highest BCUT2D eigenvalue weighted by Crippen LogP contribution is 2.28. The Morgan fingerprint density at radius 2 is 1.68 bits per heavy atom. The topological polar surface area (TPSA) is 70.8 Å². The van der Waals surface area contributed by atoms with E-state index in [1.165, 1.54) is 18.2 Å². The van der Waals surface area contributed by atoms with Crippen LogP contribution in [0, 0.1) is 10.1 Å². The molecule has 0 spiro atoms. The molecule has 0 bridgehead atoms. The number of non-ortho nitro benzene ring substituents is 1. The molecule has 2 aromatic carbocycles. The molecule has 2 aromatic rings. The molecule has 0 radical (unpaired) electrons. The summed E-state index contributed by atoms with van der Waals surface area (Å²) in [4.78, 5) is 10.1. The molecule has 0 fully saturated rings. The zero-order chi connectivity index (χ0) is 15.9. The third-order valence-electron chi connectivity index (χ3n) is 2.80. The maximum absolute atomic E-state index is 10.6. The average molecular weight is 324 g/mol. The predicted octanol–water partition coefficient (Wildman–Crippen LogP) is 3.71. The number of hydrogen-bond acceptors (Lipinski definition) is 5. The van der Waals surface area contributed by atoms with Crippen molar-refractivity contribution in [3.05, 3.63) is 57.6 Å². The molecule has 0 aliphatic rings. The summed E-state index contributed by atoms with van der Waals surface area (Å²) in [5, 5.41) is 10.8. The molecular formula is C15H14ClNO5. The standard InChI is InChI=1S/C15H14ClNO5/c1-20-12-3-5-13(6-4-12)21-8-9-22-15-7-2-11(17(18)19)10-14(15)16/h2-7,10H,8-9H2,1H3. The fourth-order valence-electron chi connectivity index (χ4n) is 1.70. The van der Waals surface area contributed by atoms with Gasteiger partial charge in [-0.25, -0.2) is 0 Å². The third-order valence-corrected chi connectivity index (χ3v) is 3.09. The van der Waals surface area contributed by atoms with Gasteiger partial charge >= 0.3 is 0 Å². The van der Waals surface area contributed by atoms with Crippen molar-refractivity contribution in [2.75, 3.05) is 20.3 Å². The van der Waals surface area contributed by atoms with Gasteiger partial charge in [-0.15, -0.1) is 0 Å². The van der Waals surface area contributed by atoms with Crippen LogP contribution < -0.4 is 14.2 Å². The molecule has 0 atom stereocenters. The maximum Gasteiger partial charge on any atom is 0.271 e. The second kappa shape index (κ2) is 7.51. The van der Waals surface area contributed by atoms with E-state index in [1.807, 2.05) is 0 Å². The van der Waals surface area contributed by atoms with Gasteiger partial charge in [0, 0.05) is 12.1 Å². The van der Waals surface area contributed by atoms with E-state index in [0.717, 1.165) is 5.75 Å². The highest BCUT2D eigenvalue weighted by molar-refractivity contribution is 6.32. The number of halogens is 1. The lowest BCUT2D eigenvalue weighted by Gasteiger charge is -2.09. The van der Waals surface area contributed by atoms with Crippen LogP contribution in [0.15, 0.2) is 42.5 Å². The molecule has 0 N–H and O–H groups in total. The summed E-state index contributed by atoms with van der Waals surface area (Å²) in [6, 6.07) is 11.2. The van der Waals surface area contributed by atoms with Crippen LogP contribution in [0.25, 0.3) is 0 Å². The minimum absolute atomic E-state index is 0.0770. The molecule has 0 aromatic heterocycles. The molecule has 0 saturated heterocycles. The lowest BCUT2D eigenvalue weighted by Crippen LogP contribution is -2.09. The molecule has 0 aliphatic heterocycles. The van der Waals surface area contributed by atoms with Crippen molar-refractivity contribution in [3.63, 3.8) is 0 Å². The summed E-state index contributed by atoms with van der Waals surface area (Å²) in [5.41, 5.74) is -0.0770. The lowest BCUT2D eigenvalue weighted by molar-refractivity contribution is -0.384. The van der Waals surface area contributed by atoms with E-state index in [1.54, 1.807) is 31.4 Å². The second-order valence-corrected chi connectivity index (χ2v) is 4.65. The molecule has 22 heavy (non-hydrogen) atoms. The van der Waals surface area contributed by atoms with Crippen molar-refractivity contribution in [2.24, 2.45) is 0 Å². The second-order valence-electron chi connectivity index (χ2n) is 4.24. The van der Waals surface area contributed by atoms with E-state index < -0.39 is 4.92 Å². The molecule has 116 valence electrons. The quantitative estimate of drug-likeness (QED) is 0.441. The third kappa shape index (κ3) is 4.26. The zero-order valence-electron chi connectivity index (χ0n) is 11.8. The van der Waals surface area contributed by atoms with Gasteiger partial charge < -0.3 is 14.2 Å². The van der Waals surface area contributed by atoms with Crippen LogP contribution in [0.5, 0.6) is 17.2 Å². The van der Waals surface area contributed by atoms with Gasteiger partial charge in [0.2, 0.25) is 0 Å². The van der Waals surface area contributed by atoms with Gasteiger partial charge in [-0.3, -0.25) is 10.1 Å². The molecule has 0 amide bonds. The van der Waals surface area contributed by atoms with E-state index in [4.69, 9.17) is 25.8 Å². The Labute approximate surface area is 132 Å². The molecule has 0 aliphatic carbocycles. The lowest BCUT2D eigenvalue weighted by atomic mass is 10.3. The number of nitro groups is 1. The van der Waals surface area contributed by atoms with Crippen LogP contribution in [-0.4, -0.2) is 25.2 Å². The first kappa shape index (κ1) is 15.9.